The Morgan fingerprint density at radius 3 is 2.65 bits per heavy atom. The molecule has 190 valence electrons. The maximum atomic E-state index is 15.3. The zero-order valence-electron chi connectivity index (χ0n) is 20.4. The Hall–Kier alpha value is -4.28. The summed E-state index contributed by atoms with van der Waals surface area (Å²) in [7, 11) is 0. The molecule has 11 heteroatoms. The number of carbonyl (C=O) groups excluding carboxylic acids is 1. The van der Waals surface area contributed by atoms with Gasteiger partial charge in [-0.2, -0.15) is 0 Å². The monoisotopic (exact) mass is 507 g/mol. The van der Waals surface area contributed by atoms with Crippen LogP contribution in [0.5, 0.6) is 11.5 Å². The van der Waals surface area contributed by atoms with Crippen molar-refractivity contribution < 1.29 is 27.8 Å². The normalized spacial score (nSPS) is 16.7. The lowest BCUT2D eigenvalue weighted by Gasteiger charge is -2.29. The molecule has 0 aliphatic carbocycles. The van der Waals surface area contributed by atoms with Crippen LogP contribution in [0.4, 0.5) is 19.4 Å². The number of rotatable bonds is 1. The third-order valence-electron chi connectivity index (χ3n) is 6.26. The average molecular weight is 507 g/mol. The smallest absolute Gasteiger partial charge is 0.416 e. The van der Waals surface area contributed by atoms with Gasteiger partial charge in [-0.05, 0) is 51.1 Å². The van der Waals surface area contributed by atoms with Crippen LogP contribution in [-0.4, -0.2) is 44.5 Å². The summed E-state index contributed by atoms with van der Waals surface area (Å²) in [5, 5.41) is 8.18. The lowest BCUT2D eigenvalue weighted by Crippen LogP contribution is -2.38. The van der Waals surface area contributed by atoms with Crippen LogP contribution in [0.3, 0.4) is 0 Å². The van der Waals surface area contributed by atoms with Crippen LogP contribution in [0.25, 0.3) is 16.9 Å². The Balaban J connectivity index is 1.61. The van der Waals surface area contributed by atoms with E-state index in [2.05, 4.69) is 15.2 Å². The molecule has 0 saturated carbocycles. The van der Waals surface area contributed by atoms with E-state index in [0.717, 1.165) is 0 Å². The number of nitrogens with zero attached hydrogens (tertiary/aromatic N) is 5. The number of hydrogen-bond acceptors (Lipinski definition) is 7. The van der Waals surface area contributed by atoms with Crippen molar-refractivity contribution in [3.8, 4) is 22.8 Å². The number of anilines is 1. The quantitative estimate of drug-likeness (QED) is 0.363. The molecule has 0 fully saturated rings. The lowest BCUT2D eigenvalue weighted by molar-refractivity contribution is 0.0574. The second kappa shape index (κ2) is 8.39. The highest BCUT2D eigenvalue weighted by Gasteiger charge is 2.37. The Morgan fingerprint density at radius 1 is 1.11 bits per heavy atom. The predicted octanol–water partition coefficient (Wildman–Crippen LogP) is 4.88. The van der Waals surface area contributed by atoms with Gasteiger partial charge in [0.2, 0.25) is 0 Å². The van der Waals surface area contributed by atoms with Crippen molar-refractivity contribution in [1.82, 2.24) is 19.6 Å². The highest BCUT2D eigenvalue weighted by Crippen LogP contribution is 2.44. The third kappa shape index (κ3) is 3.90. The fourth-order valence-electron chi connectivity index (χ4n) is 4.73. The topological polar surface area (TPSA) is 91.1 Å². The van der Waals surface area contributed by atoms with Crippen molar-refractivity contribution in [2.45, 2.75) is 38.8 Å². The van der Waals surface area contributed by atoms with Crippen LogP contribution < -0.4 is 14.4 Å². The highest BCUT2D eigenvalue weighted by molar-refractivity contribution is 5.91. The second-order valence-corrected chi connectivity index (χ2v) is 9.93. The maximum absolute atomic E-state index is 15.3. The summed E-state index contributed by atoms with van der Waals surface area (Å²) >= 11 is 0. The molecule has 4 aromatic rings. The van der Waals surface area contributed by atoms with Crippen LogP contribution in [0.2, 0.25) is 0 Å². The van der Waals surface area contributed by atoms with Crippen LogP contribution in [0, 0.1) is 11.6 Å². The molecule has 1 amide bonds. The van der Waals surface area contributed by atoms with Crippen LogP contribution >= 0.6 is 0 Å². The van der Waals surface area contributed by atoms with Crippen LogP contribution in [-0.2, 0) is 11.3 Å². The number of fused-ring (bicyclic) bond motifs is 3. The maximum Gasteiger partial charge on any atom is 0.416 e. The van der Waals surface area contributed by atoms with Gasteiger partial charge in [-0.1, -0.05) is 0 Å². The fraction of sp³-hybridized carbons (Fsp3) is 0.308. The fourth-order valence-corrected chi connectivity index (χ4v) is 4.73. The number of aromatic nitrogens is 4. The predicted molar refractivity (Wildman–Crippen MR) is 129 cm³/mol. The molecule has 2 aliphatic heterocycles. The van der Waals surface area contributed by atoms with Gasteiger partial charge in [0.15, 0.2) is 17.2 Å². The van der Waals surface area contributed by atoms with Gasteiger partial charge in [0.05, 0.1) is 31.2 Å². The molecule has 1 unspecified atom stereocenters. The number of ether oxygens (including phenoxy) is 3. The van der Waals surface area contributed by atoms with E-state index in [-0.39, 0.29) is 42.0 Å². The molecular formula is C26H23F2N5O4. The zero-order chi connectivity index (χ0) is 25.9. The van der Waals surface area contributed by atoms with Gasteiger partial charge < -0.3 is 14.2 Å². The Morgan fingerprint density at radius 2 is 1.89 bits per heavy atom. The molecule has 3 aromatic heterocycles. The molecule has 1 aromatic carbocycles. The third-order valence-corrected chi connectivity index (χ3v) is 6.26. The minimum atomic E-state index is -0.831. The van der Waals surface area contributed by atoms with Gasteiger partial charge >= 0.3 is 6.09 Å². The van der Waals surface area contributed by atoms with Crippen molar-refractivity contribution in [3.63, 3.8) is 0 Å². The first-order chi connectivity index (χ1) is 17.7. The van der Waals surface area contributed by atoms with Crippen molar-refractivity contribution in [3.05, 3.63) is 65.6 Å². The number of pyridine rings is 2. The molecule has 0 bridgehead atoms. The zero-order valence-corrected chi connectivity index (χ0v) is 20.4. The van der Waals surface area contributed by atoms with E-state index in [1.807, 2.05) is 0 Å². The number of benzene rings is 1. The average Bonchev–Trinajstić information content (AvgIpc) is 3.49. The van der Waals surface area contributed by atoms with E-state index in [0.29, 0.717) is 29.0 Å². The molecule has 0 saturated heterocycles. The molecule has 2 aliphatic rings. The van der Waals surface area contributed by atoms with Crippen molar-refractivity contribution in [1.29, 1.82) is 0 Å². The highest BCUT2D eigenvalue weighted by atomic mass is 19.1. The second-order valence-electron chi connectivity index (χ2n) is 9.93. The SMILES string of the molecule is CC(C)(C)OC(=O)N1Cc2c(F)ccc3c2C(CO3)COc2cc(-c3ncccc3F)c3nncn3c21. The van der Waals surface area contributed by atoms with Gasteiger partial charge in [-0.15, -0.1) is 10.2 Å². The van der Waals surface area contributed by atoms with Gasteiger partial charge in [-0.3, -0.25) is 14.3 Å². The standard InChI is InChI=1S/C26H23F2N5O4/c1-26(2,3)37-25(34)32-10-16-17(27)6-7-19-21(16)14(11-35-19)12-36-20-9-15(22-18(28)5-4-8-29-22)23-31-30-13-33(23)24(20)32/h4-9,13-14H,10-12H2,1-3H3. The van der Waals surface area contributed by atoms with E-state index in [4.69, 9.17) is 14.2 Å². The number of carbonyl (C=O) groups is 1. The Bertz CT molecular complexity index is 1550. The van der Waals surface area contributed by atoms with E-state index in [9.17, 15) is 9.18 Å². The van der Waals surface area contributed by atoms with E-state index in [1.54, 1.807) is 32.9 Å². The number of amides is 1. The van der Waals surface area contributed by atoms with Crippen molar-refractivity contribution >= 4 is 17.6 Å². The first-order valence-corrected chi connectivity index (χ1v) is 11.8. The molecule has 9 nitrogen and oxygen atoms in total. The molecule has 1 atom stereocenters. The molecule has 0 radical (unpaired) electrons. The summed E-state index contributed by atoms with van der Waals surface area (Å²) in [5.41, 5.74) is 0.749. The largest absolute Gasteiger partial charge is 0.493 e. The summed E-state index contributed by atoms with van der Waals surface area (Å²) < 4.78 is 49.3. The Labute approximate surface area is 210 Å². The lowest BCUT2D eigenvalue weighted by atomic mass is 9.95. The van der Waals surface area contributed by atoms with E-state index in [1.165, 1.54) is 40.0 Å². The van der Waals surface area contributed by atoms with Crippen molar-refractivity contribution in [2.24, 2.45) is 0 Å². The summed E-state index contributed by atoms with van der Waals surface area (Å²) in [4.78, 5) is 19.1. The minimum absolute atomic E-state index is 0.0522. The summed E-state index contributed by atoms with van der Waals surface area (Å²) in [6, 6.07) is 7.26. The van der Waals surface area contributed by atoms with Gasteiger partial charge in [0, 0.05) is 17.3 Å². The van der Waals surface area contributed by atoms with E-state index < -0.39 is 23.3 Å². The molecular weight excluding hydrogens is 484 g/mol. The first kappa shape index (κ1) is 23.1. The minimum Gasteiger partial charge on any atom is -0.493 e. The number of hydrogen-bond donors (Lipinski definition) is 0. The Kier molecular flexibility index (Phi) is 5.25. The molecule has 0 N–H and O–H groups in total. The van der Waals surface area contributed by atoms with Crippen LogP contribution in [0.15, 0.2) is 42.9 Å². The van der Waals surface area contributed by atoms with E-state index >= 15 is 4.39 Å². The first-order valence-electron chi connectivity index (χ1n) is 11.8. The van der Waals surface area contributed by atoms with Gasteiger partial charge in [0.25, 0.3) is 0 Å². The summed E-state index contributed by atoms with van der Waals surface area (Å²) in [6.07, 6.45) is 2.13. The summed E-state index contributed by atoms with van der Waals surface area (Å²) in [5.74, 6) is -0.294. The van der Waals surface area contributed by atoms with Crippen LogP contribution in [0.1, 0.15) is 37.8 Å². The number of halogens is 2. The molecule has 6 rings (SSSR count). The molecule has 37 heavy (non-hydrogen) atoms. The molecule has 5 heterocycles. The van der Waals surface area contributed by atoms with Gasteiger partial charge in [0.1, 0.15) is 35.0 Å². The van der Waals surface area contributed by atoms with Gasteiger partial charge in [-0.25, -0.2) is 13.6 Å². The molecule has 0 spiro atoms. The van der Waals surface area contributed by atoms with Crippen molar-refractivity contribution in [2.75, 3.05) is 18.1 Å². The summed E-state index contributed by atoms with van der Waals surface area (Å²) in [6.45, 7) is 5.49.